The summed E-state index contributed by atoms with van der Waals surface area (Å²) in [5.74, 6) is 0.219. The summed E-state index contributed by atoms with van der Waals surface area (Å²) >= 11 is 6.91. The van der Waals surface area contributed by atoms with Gasteiger partial charge in [-0.2, -0.15) is 0 Å². The highest BCUT2D eigenvalue weighted by Gasteiger charge is 2.17. The molecule has 2 nitrogen and oxygen atoms in total. The van der Waals surface area contributed by atoms with Crippen LogP contribution in [0, 0.1) is 5.82 Å². The monoisotopic (exact) mass is 401 g/mol. The maximum Gasteiger partial charge on any atom is 0.132 e. The zero-order valence-corrected chi connectivity index (χ0v) is 14.3. The molecule has 0 aromatic heterocycles. The Morgan fingerprint density at radius 1 is 1.10 bits per heavy atom. The molecular formula is C15H14Br2FNO. The molecule has 0 radical (unpaired) electrons. The van der Waals surface area contributed by atoms with Crippen molar-refractivity contribution in [2.24, 2.45) is 0 Å². The van der Waals surface area contributed by atoms with Crippen molar-refractivity contribution < 1.29 is 9.13 Å². The number of hydrogen-bond acceptors (Lipinski definition) is 2. The van der Waals surface area contributed by atoms with Crippen LogP contribution in [0.4, 0.5) is 4.39 Å². The first-order chi connectivity index (χ1) is 9.55. The van der Waals surface area contributed by atoms with E-state index in [0.717, 1.165) is 14.5 Å². The summed E-state index contributed by atoms with van der Waals surface area (Å²) in [5.41, 5.74) is 1.55. The maximum atomic E-state index is 14.2. The Balaban J connectivity index is 2.46. The average Bonchev–Trinajstić information content (AvgIpc) is 2.40. The highest BCUT2D eigenvalue weighted by atomic mass is 79.9. The second-order valence-electron chi connectivity index (χ2n) is 4.31. The SMILES string of the molecule is CNC(c1cc(Br)cc(Br)c1)c1ccc(OC)cc1F. The molecule has 0 amide bonds. The van der Waals surface area contributed by atoms with E-state index >= 15 is 0 Å². The van der Waals surface area contributed by atoms with Crippen molar-refractivity contribution in [3.05, 3.63) is 62.3 Å². The standard InChI is InChI=1S/C15H14Br2FNO/c1-19-15(9-5-10(16)7-11(17)6-9)13-4-3-12(20-2)8-14(13)18/h3-8,15,19H,1-2H3. The Morgan fingerprint density at radius 2 is 1.75 bits per heavy atom. The van der Waals surface area contributed by atoms with Crippen molar-refractivity contribution in [1.29, 1.82) is 0 Å². The summed E-state index contributed by atoms with van der Waals surface area (Å²) < 4.78 is 21.1. The van der Waals surface area contributed by atoms with Gasteiger partial charge in [-0.3, -0.25) is 0 Å². The minimum atomic E-state index is -0.292. The molecule has 1 N–H and O–H groups in total. The van der Waals surface area contributed by atoms with Gasteiger partial charge in [-0.1, -0.05) is 37.9 Å². The largest absolute Gasteiger partial charge is 0.497 e. The third-order valence-electron chi connectivity index (χ3n) is 3.03. The van der Waals surface area contributed by atoms with Gasteiger partial charge < -0.3 is 10.1 Å². The highest BCUT2D eigenvalue weighted by Crippen LogP contribution is 2.30. The van der Waals surface area contributed by atoms with E-state index in [2.05, 4.69) is 37.2 Å². The fraction of sp³-hybridized carbons (Fsp3) is 0.200. The molecule has 0 saturated heterocycles. The molecule has 0 aliphatic rings. The molecule has 0 fully saturated rings. The van der Waals surface area contributed by atoms with Crippen LogP contribution in [0.2, 0.25) is 0 Å². The summed E-state index contributed by atoms with van der Waals surface area (Å²) in [6.07, 6.45) is 0. The van der Waals surface area contributed by atoms with Crippen LogP contribution in [0.3, 0.4) is 0 Å². The third-order valence-corrected chi connectivity index (χ3v) is 3.94. The summed E-state index contributed by atoms with van der Waals surface area (Å²) in [7, 11) is 3.33. The Kier molecular flexibility index (Phi) is 5.18. The van der Waals surface area contributed by atoms with Gasteiger partial charge in [0, 0.05) is 20.6 Å². The number of ether oxygens (including phenoxy) is 1. The van der Waals surface area contributed by atoms with Crippen molar-refractivity contribution >= 4 is 31.9 Å². The van der Waals surface area contributed by atoms with E-state index in [0.29, 0.717) is 11.3 Å². The molecule has 0 saturated carbocycles. The number of hydrogen-bond donors (Lipinski definition) is 1. The van der Waals surface area contributed by atoms with Gasteiger partial charge in [0.1, 0.15) is 11.6 Å². The van der Waals surface area contributed by atoms with Crippen LogP contribution in [-0.4, -0.2) is 14.2 Å². The lowest BCUT2D eigenvalue weighted by molar-refractivity contribution is 0.410. The molecule has 0 bridgehead atoms. The topological polar surface area (TPSA) is 21.3 Å². The van der Waals surface area contributed by atoms with Gasteiger partial charge in [0.15, 0.2) is 0 Å². The molecule has 2 aromatic carbocycles. The number of halogens is 3. The molecule has 2 rings (SSSR count). The summed E-state index contributed by atoms with van der Waals surface area (Å²) in [6.45, 7) is 0. The smallest absolute Gasteiger partial charge is 0.132 e. The lowest BCUT2D eigenvalue weighted by atomic mass is 9.98. The molecule has 106 valence electrons. The maximum absolute atomic E-state index is 14.2. The molecule has 5 heteroatoms. The molecule has 0 heterocycles. The van der Waals surface area contributed by atoms with Crippen molar-refractivity contribution in [1.82, 2.24) is 5.32 Å². The molecule has 0 spiro atoms. The van der Waals surface area contributed by atoms with Crippen molar-refractivity contribution in [2.75, 3.05) is 14.2 Å². The Hall–Kier alpha value is -0.910. The summed E-state index contributed by atoms with van der Waals surface area (Å²) in [6, 6.07) is 10.5. The normalized spacial score (nSPS) is 12.2. The van der Waals surface area contributed by atoms with Gasteiger partial charge in [0.2, 0.25) is 0 Å². The lowest BCUT2D eigenvalue weighted by Crippen LogP contribution is -2.19. The van der Waals surface area contributed by atoms with Gasteiger partial charge in [-0.25, -0.2) is 4.39 Å². The first-order valence-corrected chi connectivity index (χ1v) is 7.60. The van der Waals surface area contributed by atoms with E-state index in [9.17, 15) is 4.39 Å². The molecule has 20 heavy (non-hydrogen) atoms. The molecule has 0 aliphatic carbocycles. The number of rotatable bonds is 4. The van der Waals surface area contributed by atoms with E-state index in [-0.39, 0.29) is 11.9 Å². The van der Waals surface area contributed by atoms with E-state index in [4.69, 9.17) is 4.74 Å². The van der Waals surface area contributed by atoms with Crippen LogP contribution in [0.1, 0.15) is 17.2 Å². The minimum absolute atomic E-state index is 0.227. The molecule has 2 aromatic rings. The van der Waals surface area contributed by atoms with E-state index in [1.165, 1.54) is 13.2 Å². The molecule has 1 atom stereocenters. The second-order valence-corrected chi connectivity index (χ2v) is 6.14. The van der Waals surface area contributed by atoms with E-state index in [1.54, 1.807) is 12.1 Å². The molecule has 1 unspecified atom stereocenters. The number of benzene rings is 2. The predicted molar refractivity (Wildman–Crippen MR) is 85.7 cm³/mol. The minimum Gasteiger partial charge on any atom is -0.497 e. The average molecular weight is 403 g/mol. The quantitative estimate of drug-likeness (QED) is 0.802. The lowest BCUT2D eigenvalue weighted by Gasteiger charge is -2.19. The van der Waals surface area contributed by atoms with Gasteiger partial charge in [0.25, 0.3) is 0 Å². The Labute approximate surface area is 134 Å². The summed E-state index contributed by atoms with van der Waals surface area (Å²) in [5, 5.41) is 3.14. The van der Waals surface area contributed by atoms with Crippen molar-refractivity contribution in [3.63, 3.8) is 0 Å². The van der Waals surface area contributed by atoms with Gasteiger partial charge in [0.05, 0.1) is 13.2 Å². The van der Waals surface area contributed by atoms with E-state index in [1.807, 2.05) is 25.2 Å². The van der Waals surface area contributed by atoms with Crippen LogP contribution in [-0.2, 0) is 0 Å². The zero-order chi connectivity index (χ0) is 14.7. The predicted octanol–water partition coefficient (Wildman–Crippen LogP) is 4.67. The first-order valence-electron chi connectivity index (χ1n) is 6.02. The number of methoxy groups -OCH3 is 1. The molecule has 0 aliphatic heterocycles. The molecular weight excluding hydrogens is 389 g/mol. The fourth-order valence-corrected chi connectivity index (χ4v) is 3.44. The summed E-state index contributed by atoms with van der Waals surface area (Å²) in [4.78, 5) is 0. The first kappa shape index (κ1) is 15.5. The van der Waals surface area contributed by atoms with Crippen LogP contribution >= 0.6 is 31.9 Å². The van der Waals surface area contributed by atoms with Crippen LogP contribution in [0.15, 0.2) is 45.3 Å². The highest BCUT2D eigenvalue weighted by molar-refractivity contribution is 9.11. The Morgan fingerprint density at radius 3 is 2.25 bits per heavy atom. The number of nitrogens with one attached hydrogen (secondary N) is 1. The van der Waals surface area contributed by atoms with Crippen LogP contribution < -0.4 is 10.1 Å². The van der Waals surface area contributed by atoms with Crippen LogP contribution in [0.5, 0.6) is 5.75 Å². The van der Waals surface area contributed by atoms with Gasteiger partial charge in [-0.15, -0.1) is 0 Å². The fourth-order valence-electron chi connectivity index (χ4n) is 2.11. The van der Waals surface area contributed by atoms with E-state index < -0.39 is 0 Å². The van der Waals surface area contributed by atoms with Crippen molar-refractivity contribution in [3.8, 4) is 5.75 Å². The van der Waals surface area contributed by atoms with Gasteiger partial charge in [-0.05, 0) is 36.9 Å². The van der Waals surface area contributed by atoms with Crippen molar-refractivity contribution in [2.45, 2.75) is 6.04 Å². The third kappa shape index (κ3) is 3.40. The van der Waals surface area contributed by atoms with Gasteiger partial charge >= 0.3 is 0 Å². The van der Waals surface area contributed by atoms with Crippen LogP contribution in [0.25, 0.3) is 0 Å². The zero-order valence-electron chi connectivity index (χ0n) is 11.1. The Bertz CT molecular complexity index is 599. The second kappa shape index (κ2) is 6.70.